The first-order valence-corrected chi connectivity index (χ1v) is 3.52. The average Bonchev–Trinajstić information content (AvgIpc) is 2.50. The monoisotopic (exact) mass is 158 g/mol. The van der Waals surface area contributed by atoms with E-state index in [9.17, 15) is 0 Å². The van der Waals surface area contributed by atoms with Gasteiger partial charge in [-0.05, 0) is 24.6 Å². The van der Waals surface area contributed by atoms with E-state index < -0.39 is 0 Å². The number of hydrogen-bond donors (Lipinski definition) is 0. The minimum absolute atomic E-state index is 0.565. The Bertz CT molecular complexity index is 463. The normalized spacial score (nSPS) is 10.0. The lowest BCUT2D eigenvalue weighted by Gasteiger charge is -1.96. The lowest BCUT2D eigenvalue weighted by atomic mass is 10.2. The first kappa shape index (κ1) is 6.80. The lowest BCUT2D eigenvalue weighted by molar-refractivity contribution is 1.09. The molecule has 0 radical (unpaired) electrons. The Hall–Kier alpha value is -1.89. The summed E-state index contributed by atoms with van der Waals surface area (Å²) in [4.78, 5) is 0. The van der Waals surface area contributed by atoms with Crippen LogP contribution in [0.4, 0.5) is 0 Å². The molecule has 0 aliphatic heterocycles. The molecule has 0 aliphatic rings. The minimum atomic E-state index is 0.565. The molecule has 2 aromatic rings. The van der Waals surface area contributed by atoms with E-state index in [0.29, 0.717) is 11.3 Å². The van der Waals surface area contributed by atoms with Crippen molar-refractivity contribution >= 4 is 5.65 Å². The number of pyridine rings is 1. The first-order chi connectivity index (χ1) is 5.81. The van der Waals surface area contributed by atoms with Gasteiger partial charge in [0.25, 0.3) is 0 Å². The van der Waals surface area contributed by atoms with Crippen LogP contribution in [0.2, 0.25) is 0 Å². The topological polar surface area (TPSA) is 54.0 Å². The summed E-state index contributed by atoms with van der Waals surface area (Å²) in [5.74, 6) is 0. The molecule has 2 rings (SSSR count). The molecule has 0 aliphatic carbocycles. The van der Waals surface area contributed by atoms with Crippen LogP contribution in [0.5, 0.6) is 0 Å². The number of aryl methyl sites for hydroxylation is 1. The summed E-state index contributed by atoms with van der Waals surface area (Å²) < 4.78 is 1.66. The van der Waals surface area contributed by atoms with E-state index in [1.54, 1.807) is 10.5 Å². The molecule has 4 nitrogen and oxygen atoms in total. The summed E-state index contributed by atoms with van der Waals surface area (Å²) in [7, 11) is 0. The number of nitriles is 1. The largest absolute Gasteiger partial charge is 0.272 e. The minimum Gasteiger partial charge on any atom is -0.272 e. The molecule has 0 amide bonds. The van der Waals surface area contributed by atoms with Crippen molar-refractivity contribution in [3.63, 3.8) is 0 Å². The summed E-state index contributed by atoms with van der Waals surface area (Å²) in [6.07, 6.45) is 1.54. The zero-order valence-electron chi connectivity index (χ0n) is 6.52. The molecule has 58 valence electrons. The molecule has 0 aromatic carbocycles. The zero-order valence-corrected chi connectivity index (χ0v) is 6.52. The average molecular weight is 158 g/mol. The summed E-state index contributed by atoms with van der Waals surface area (Å²) in [6.45, 7) is 1.93. The predicted octanol–water partition coefficient (Wildman–Crippen LogP) is 0.909. The third-order valence-corrected chi connectivity index (χ3v) is 1.67. The number of aromatic nitrogens is 3. The molecule has 0 saturated carbocycles. The highest BCUT2D eigenvalue weighted by atomic mass is 15.2. The Labute approximate surface area is 69.1 Å². The number of hydrogen-bond acceptors (Lipinski definition) is 3. The van der Waals surface area contributed by atoms with Crippen LogP contribution in [0.1, 0.15) is 11.3 Å². The quantitative estimate of drug-likeness (QED) is 0.572. The highest BCUT2D eigenvalue weighted by molar-refractivity contribution is 5.45. The smallest absolute Gasteiger partial charge is 0.161 e. The highest BCUT2D eigenvalue weighted by Gasteiger charge is 2.01. The maximum absolute atomic E-state index is 8.75. The fourth-order valence-electron chi connectivity index (χ4n) is 1.14. The summed E-state index contributed by atoms with van der Waals surface area (Å²) in [6, 6.07) is 5.76. The SMILES string of the molecule is Cc1cc(C#N)n2cnnc2c1. The van der Waals surface area contributed by atoms with Crippen LogP contribution < -0.4 is 0 Å². The Kier molecular flexibility index (Phi) is 1.31. The Morgan fingerprint density at radius 2 is 2.33 bits per heavy atom. The fraction of sp³-hybridized carbons (Fsp3) is 0.125. The zero-order chi connectivity index (χ0) is 8.55. The molecule has 2 heterocycles. The summed E-state index contributed by atoms with van der Waals surface area (Å²) in [5.41, 5.74) is 2.30. The van der Waals surface area contributed by atoms with Crippen LogP contribution in [0.3, 0.4) is 0 Å². The highest BCUT2D eigenvalue weighted by Crippen LogP contribution is 2.07. The molecule has 0 N–H and O–H groups in total. The van der Waals surface area contributed by atoms with Gasteiger partial charge >= 0.3 is 0 Å². The van der Waals surface area contributed by atoms with Gasteiger partial charge in [-0.25, -0.2) is 0 Å². The lowest BCUT2D eigenvalue weighted by Crippen LogP contribution is -1.91. The van der Waals surface area contributed by atoms with E-state index in [-0.39, 0.29) is 0 Å². The molecule has 2 aromatic heterocycles. The Morgan fingerprint density at radius 3 is 3.08 bits per heavy atom. The molecular formula is C8H6N4. The van der Waals surface area contributed by atoms with Crippen molar-refractivity contribution in [1.29, 1.82) is 5.26 Å². The van der Waals surface area contributed by atoms with Crippen molar-refractivity contribution in [2.45, 2.75) is 6.92 Å². The van der Waals surface area contributed by atoms with Crippen molar-refractivity contribution in [3.8, 4) is 6.07 Å². The van der Waals surface area contributed by atoms with Crippen LogP contribution >= 0.6 is 0 Å². The maximum Gasteiger partial charge on any atom is 0.161 e. The Balaban J connectivity index is 2.91. The second-order valence-electron chi connectivity index (χ2n) is 2.59. The van der Waals surface area contributed by atoms with Crippen LogP contribution in [0, 0.1) is 18.3 Å². The molecule has 0 unspecified atom stereocenters. The van der Waals surface area contributed by atoms with Gasteiger partial charge in [0.05, 0.1) is 0 Å². The molecule has 0 spiro atoms. The van der Waals surface area contributed by atoms with Crippen LogP contribution in [-0.2, 0) is 0 Å². The van der Waals surface area contributed by atoms with Crippen molar-refractivity contribution < 1.29 is 0 Å². The van der Waals surface area contributed by atoms with Gasteiger partial charge in [0, 0.05) is 0 Å². The molecule has 4 heteroatoms. The van der Waals surface area contributed by atoms with Gasteiger partial charge in [-0.3, -0.25) is 4.40 Å². The summed E-state index contributed by atoms with van der Waals surface area (Å²) >= 11 is 0. The van der Waals surface area contributed by atoms with Gasteiger partial charge in [-0.2, -0.15) is 5.26 Å². The first-order valence-electron chi connectivity index (χ1n) is 3.52. The van der Waals surface area contributed by atoms with Gasteiger partial charge in [0.2, 0.25) is 0 Å². The second kappa shape index (κ2) is 2.31. The third kappa shape index (κ3) is 0.839. The predicted molar refractivity (Wildman–Crippen MR) is 42.4 cm³/mol. The molecule has 0 bridgehead atoms. The van der Waals surface area contributed by atoms with Gasteiger partial charge in [0.1, 0.15) is 18.1 Å². The van der Waals surface area contributed by atoms with E-state index in [2.05, 4.69) is 16.3 Å². The van der Waals surface area contributed by atoms with Crippen molar-refractivity contribution in [2.75, 3.05) is 0 Å². The Morgan fingerprint density at radius 1 is 1.50 bits per heavy atom. The van der Waals surface area contributed by atoms with E-state index in [4.69, 9.17) is 5.26 Å². The van der Waals surface area contributed by atoms with Crippen molar-refractivity contribution in [1.82, 2.24) is 14.6 Å². The number of fused-ring (bicyclic) bond motifs is 1. The molecular weight excluding hydrogens is 152 g/mol. The molecule has 0 saturated heterocycles. The van der Waals surface area contributed by atoms with Crippen LogP contribution in [0.15, 0.2) is 18.5 Å². The standard InChI is InChI=1S/C8H6N4/c1-6-2-7(4-9)12-5-10-11-8(12)3-6/h2-3,5H,1H3. The molecule has 0 fully saturated rings. The van der Waals surface area contributed by atoms with Gasteiger partial charge in [0.15, 0.2) is 5.65 Å². The number of rotatable bonds is 0. The van der Waals surface area contributed by atoms with Gasteiger partial charge in [-0.15, -0.1) is 10.2 Å². The van der Waals surface area contributed by atoms with Gasteiger partial charge < -0.3 is 0 Å². The number of nitrogens with zero attached hydrogens (tertiary/aromatic N) is 4. The van der Waals surface area contributed by atoms with Crippen molar-refractivity contribution in [2.24, 2.45) is 0 Å². The maximum atomic E-state index is 8.75. The van der Waals surface area contributed by atoms with E-state index >= 15 is 0 Å². The van der Waals surface area contributed by atoms with E-state index in [0.717, 1.165) is 5.56 Å². The second-order valence-corrected chi connectivity index (χ2v) is 2.59. The van der Waals surface area contributed by atoms with Crippen LogP contribution in [-0.4, -0.2) is 14.6 Å². The van der Waals surface area contributed by atoms with Gasteiger partial charge in [-0.1, -0.05) is 0 Å². The summed E-state index contributed by atoms with van der Waals surface area (Å²) in [5, 5.41) is 16.3. The third-order valence-electron chi connectivity index (χ3n) is 1.67. The van der Waals surface area contributed by atoms with E-state index in [1.165, 1.54) is 6.33 Å². The fourth-order valence-corrected chi connectivity index (χ4v) is 1.14. The van der Waals surface area contributed by atoms with E-state index in [1.807, 2.05) is 13.0 Å². The molecule has 12 heavy (non-hydrogen) atoms. The van der Waals surface area contributed by atoms with Crippen LogP contribution in [0.25, 0.3) is 5.65 Å². The molecule has 0 atom stereocenters. The van der Waals surface area contributed by atoms with Crippen molar-refractivity contribution in [3.05, 3.63) is 29.7 Å².